The summed E-state index contributed by atoms with van der Waals surface area (Å²) in [7, 11) is 0. The predicted octanol–water partition coefficient (Wildman–Crippen LogP) is 2.18. The molecular formula is C5H11S2. The largest absolute Gasteiger partial charge is 0.176 e. The molecule has 0 rings (SSSR count). The Morgan fingerprint density at radius 2 is 2.29 bits per heavy atom. The van der Waals surface area contributed by atoms with Crippen molar-refractivity contribution in [1.82, 2.24) is 0 Å². The van der Waals surface area contributed by atoms with Crippen molar-refractivity contribution in [2.24, 2.45) is 0 Å². The van der Waals surface area contributed by atoms with Gasteiger partial charge < -0.3 is 0 Å². The Labute approximate surface area is 56.5 Å². The van der Waals surface area contributed by atoms with Gasteiger partial charge in [-0.15, -0.1) is 0 Å². The molecule has 1 atom stereocenters. The van der Waals surface area contributed by atoms with Crippen LogP contribution in [0.3, 0.4) is 0 Å². The van der Waals surface area contributed by atoms with E-state index in [4.69, 9.17) is 0 Å². The van der Waals surface area contributed by atoms with Gasteiger partial charge in [0.05, 0.1) is 0 Å². The second kappa shape index (κ2) is 4.85. The van der Waals surface area contributed by atoms with Crippen molar-refractivity contribution >= 4 is 25.3 Å². The van der Waals surface area contributed by atoms with Gasteiger partial charge in [-0.3, -0.25) is 0 Å². The van der Waals surface area contributed by atoms with Crippen molar-refractivity contribution in [1.29, 1.82) is 0 Å². The van der Waals surface area contributed by atoms with E-state index in [1.807, 2.05) is 5.75 Å². The molecule has 0 amide bonds. The lowest BCUT2D eigenvalue weighted by atomic mass is 10.3. The van der Waals surface area contributed by atoms with Crippen molar-refractivity contribution in [3.63, 3.8) is 0 Å². The van der Waals surface area contributed by atoms with Gasteiger partial charge in [0, 0.05) is 11.0 Å². The molecule has 0 nitrogen and oxygen atoms in total. The Bertz CT molecular complexity index is 37.1. The maximum atomic E-state index is 4.23. The van der Waals surface area contributed by atoms with E-state index < -0.39 is 0 Å². The SMILES string of the molecule is CCC(S)C[CH]S. The van der Waals surface area contributed by atoms with Gasteiger partial charge in [0.15, 0.2) is 0 Å². The third-order valence-electron chi connectivity index (χ3n) is 0.849. The topological polar surface area (TPSA) is 0 Å². The highest BCUT2D eigenvalue weighted by Crippen LogP contribution is 2.08. The summed E-state index contributed by atoms with van der Waals surface area (Å²) in [5.74, 6) is 1.85. The van der Waals surface area contributed by atoms with Crippen LogP contribution in [0, 0.1) is 5.75 Å². The molecule has 1 unspecified atom stereocenters. The van der Waals surface area contributed by atoms with Crippen molar-refractivity contribution in [3.05, 3.63) is 5.75 Å². The van der Waals surface area contributed by atoms with Gasteiger partial charge in [-0.05, 0) is 12.8 Å². The summed E-state index contributed by atoms with van der Waals surface area (Å²) in [5.41, 5.74) is 0. The third kappa shape index (κ3) is 4.56. The van der Waals surface area contributed by atoms with Gasteiger partial charge in [0.25, 0.3) is 0 Å². The molecule has 0 bridgehead atoms. The summed E-state index contributed by atoms with van der Waals surface area (Å²) >= 11 is 8.17. The van der Waals surface area contributed by atoms with Crippen molar-refractivity contribution in [3.8, 4) is 0 Å². The smallest absolute Gasteiger partial charge is 0.0144 e. The highest BCUT2D eigenvalue weighted by Gasteiger charge is 1.94. The van der Waals surface area contributed by atoms with Crippen LogP contribution >= 0.6 is 25.3 Å². The molecule has 0 N–H and O–H groups in total. The van der Waals surface area contributed by atoms with E-state index in [1.165, 1.54) is 0 Å². The lowest BCUT2D eigenvalue weighted by Gasteiger charge is -2.00. The number of hydrogen-bond donors (Lipinski definition) is 2. The standard InChI is InChI=1S/C5H11S2/c1-2-5(7)3-4-6/h4-7H,2-3H2,1H3. The highest BCUT2D eigenvalue weighted by atomic mass is 32.1. The van der Waals surface area contributed by atoms with Crippen LogP contribution in [-0.4, -0.2) is 5.25 Å². The first-order valence-corrected chi connectivity index (χ1v) is 3.48. The summed E-state index contributed by atoms with van der Waals surface area (Å²) in [4.78, 5) is 0. The van der Waals surface area contributed by atoms with Crippen molar-refractivity contribution < 1.29 is 0 Å². The van der Waals surface area contributed by atoms with Crippen LogP contribution < -0.4 is 0 Å². The maximum absolute atomic E-state index is 4.23. The zero-order valence-electron chi connectivity index (χ0n) is 4.46. The second-order valence-electron chi connectivity index (χ2n) is 1.48. The Kier molecular flexibility index (Phi) is 5.33. The molecule has 2 heteroatoms. The van der Waals surface area contributed by atoms with E-state index >= 15 is 0 Å². The molecular weight excluding hydrogens is 124 g/mol. The van der Waals surface area contributed by atoms with Crippen LogP contribution in [0.1, 0.15) is 19.8 Å². The average Bonchev–Trinajstić information content (AvgIpc) is 1.68. The summed E-state index contributed by atoms with van der Waals surface area (Å²) in [6.07, 6.45) is 2.13. The number of hydrogen-bond acceptors (Lipinski definition) is 2. The van der Waals surface area contributed by atoms with E-state index in [0.29, 0.717) is 5.25 Å². The van der Waals surface area contributed by atoms with Gasteiger partial charge in [-0.1, -0.05) is 6.92 Å². The molecule has 7 heavy (non-hydrogen) atoms. The van der Waals surface area contributed by atoms with E-state index in [2.05, 4.69) is 32.2 Å². The van der Waals surface area contributed by atoms with Gasteiger partial charge in [0.2, 0.25) is 0 Å². The molecule has 0 spiro atoms. The zero-order valence-corrected chi connectivity index (χ0v) is 6.25. The molecule has 0 aromatic rings. The molecule has 0 aliphatic heterocycles. The van der Waals surface area contributed by atoms with Gasteiger partial charge in [-0.2, -0.15) is 25.3 Å². The molecule has 0 saturated heterocycles. The minimum absolute atomic E-state index is 0.512. The first-order chi connectivity index (χ1) is 3.31. The lowest BCUT2D eigenvalue weighted by Crippen LogP contribution is -1.92. The molecule has 0 saturated carbocycles. The lowest BCUT2D eigenvalue weighted by molar-refractivity contribution is 0.835. The van der Waals surface area contributed by atoms with Crippen LogP contribution in [0.25, 0.3) is 0 Å². The Hall–Kier alpha value is 0.700. The predicted molar refractivity (Wildman–Crippen MR) is 41.0 cm³/mol. The summed E-state index contributed by atoms with van der Waals surface area (Å²) in [6, 6.07) is 0. The summed E-state index contributed by atoms with van der Waals surface area (Å²) in [6.45, 7) is 2.12. The van der Waals surface area contributed by atoms with Crippen LogP contribution in [-0.2, 0) is 0 Å². The van der Waals surface area contributed by atoms with Crippen LogP contribution in [0.4, 0.5) is 0 Å². The van der Waals surface area contributed by atoms with E-state index in [1.54, 1.807) is 0 Å². The van der Waals surface area contributed by atoms with Gasteiger partial charge >= 0.3 is 0 Å². The molecule has 0 aromatic heterocycles. The molecule has 0 aliphatic rings. The third-order valence-corrected chi connectivity index (χ3v) is 1.64. The van der Waals surface area contributed by atoms with E-state index in [9.17, 15) is 0 Å². The molecule has 43 valence electrons. The van der Waals surface area contributed by atoms with Crippen LogP contribution in [0.2, 0.25) is 0 Å². The van der Waals surface area contributed by atoms with Crippen LogP contribution in [0.15, 0.2) is 0 Å². The quantitative estimate of drug-likeness (QED) is 0.544. The Morgan fingerprint density at radius 1 is 1.71 bits per heavy atom. The molecule has 0 aromatic carbocycles. The molecule has 0 fully saturated rings. The van der Waals surface area contributed by atoms with E-state index in [0.717, 1.165) is 12.8 Å². The van der Waals surface area contributed by atoms with Crippen molar-refractivity contribution in [2.75, 3.05) is 0 Å². The first-order valence-electron chi connectivity index (χ1n) is 2.45. The van der Waals surface area contributed by atoms with Crippen molar-refractivity contribution in [2.45, 2.75) is 25.0 Å². The minimum atomic E-state index is 0.512. The fourth-order valence-electron chi connectivity index (χ4n) is 0.288. The van der Waals surface area contributed by atoms with Gasteiger partial charge in [-0.25, -0.2) is 0 Å². The second-order valence-corrected chi connectivity index (χ2v) is 2.58. The maximum Gasteiger partial charge on any atom is 0.0144 e. The Morgan fingerprint density at radius 3 is 2.43 bits per heavy atom. The summed E-state index contributed by atoms with van der Waals surface area (Å²) < 4.78 is 0. The highest BCUT2D eigenvalue weighted by molar-refractivity contribution is 7.82. The Balaban J connectivity index is 2.83. The number of rotatable bonds is 3. The molecule has 0 aliphatic carbocycles. The molecule has 1 radical (unpaired) electrons. The van der Waals surface area contributed by atoms with E-state index in [-0.39, 0.29) is 0 Å². The minimum Gasteiger partial charge on any atom is -0.176 e. The fourth-order valence-corrected chi connectivity index (χ4v) is 0.815. The van der Waals surface area contributed by atoms with Crippen LogP contribution in [0.5, 0.6) is 0 Å². The fraction of sp³-hybridized carbons (Fsp3) is 0.800. The normalized spacial score (nSPS) is 14.1. The van der Waals surface area contributed by atoms with Gasteiger partial charge in [0.1, 0.15) is 0 Å². The monoisotopic (exact) mass is 135 g/mol. The zero-order chi connectivity index (χ0) is 5.70. The average molecular weight is 135 g/mol. The first kappa shape index (κ1) is 7.70. The summed E-state index contributed by atoms with van der Waals surface area (Å²) in [5, 5.41) is 0.512. The number of thiol groups is 2. The molecule has 0 heterocycles.